The van der Waals surface area contributed by atoms with Gasteiger partial charge in [-0.1, -0.05) is 10.7 Å². The molecule has 35 heavy (non-hydrogen) atoms. The van der Waals surface area contributed by atoms with Crippen molar-refractivity contribution < 1.29 is 31.5 Å². The van der Waals surface area contributed by atoms with Crippen LogP contribution in [0.25, 0.3) is 10.9 Å². The third kappa shape index (κ3) is 6.02. The third-order valence-corrected chi connectivity index (χ3v) is 7.08. The fraction of sp³-hybridized carbons (Fsp3) is 0.318. The van der Waals surface area contributed by atoms with Gasteiger partial charge in [0.1, 0.15) is 35.6 Å². The molecular formula is C22H20F5N5O2S. The maximum Gasteiger partial charge on any atom is 0.408 e. The number of nitrogens with zero attached hydrogens (tertiary/aromatic N) is 3. The van der Waals surface area contributed by atoms with Gasteiger partial charge < -0.3 is 15.4 Å². The zero-order valence-corrected chi connectivity index (χ0v) is 19.1. The van der Waals surface area contributed by atoms with Crippen LogP contribution in [0.2, 0.25) is 0 Å². The van der Waals surface area contributed by atoms with E-state index in [2.05, 4.69) is 19.6 Å². The van der Waals surface area contributed by atoms with E-state index in [0.717, 1.165) is 37.0 Å². The molecule has 0 bridgehead atoms. The quantitative estimate of drug-likeness (QED) is 0.438. The number of hydrogen-bond donors (Lipinski definition) is 2. The number of fused-ring (bicyclic) bond motifs is 1. The Morgan fingerprint density at radius 2 is 1.97 bits per heavy atom. The Hall–Kier alpha value is -3.35. The van der Waals surface area contributed by atoms with Crippen molar-refractivity contribution >= 4 is 44.7 Å². The van der Waals surface area contributed by atoms with Crippen molar-refractivity contribution in [2.75, 3.05) is 23.4 Å². The predicted molar refractivity (Wildman–Crippen MR) is 122 cm³/mol. The number of anilines is 2. The molecular weight excluding hydrogens is 493 g/mol. The Kier molecular flexibility index (Phi) is 7.15. The van der Waals surface area contributed by atoms with Crippen LogP contribution in [0.15, 0.2) is 41.0 Å². The lowest BCUT2D eigenvalue weighted by Gasteiger charge is -2.18. The lowest BCUT2D eigenvalue weighted by Crippen LogP contribution is -2.44. The number of carbonyl (C=O) groups is 1. The number of alkyl halides is 3. The Balaban J connectivity index is 1.56. The summed E-state index contributed by atoms with van der Waals surface area (Å²) < 4.78 is 76.5. The molecule has 2 heterocycles. The molecule has 1 unspecified atom stereocenters. The topological polar surface area (TPSA) is 88.5 Å². The number of rotatable bonds is 7. The van der Waals surface area contributed by atoms with Crippen LogP contribution in [0.1, 0.15) is 13.3 Å². The molecule has 1 amide bonds. The molecule has 1 atom stereocenters. The van der Waals surface area contributed by atoms with E-state index in [0.29, 0.717) is 11.2 Å². The molecule has 4 rings (SSSR count). The van der Waals surface area contributed by atoms with Gasteiger partial charge in [-0.3, -0.25) is 4.79 Å². The molecule has 1 aliphatic rings. The average Bonchev–Trinajstić information content (AvgIpc) is 2.75. The van der Waals surface area contributed by atoms with Crippen LogP contribution >= 0.6 is 0 Å². The average molecular weight is 513 g/mol. The Morgan fingerprint density at radius 3 is 2.66 bits per heavy atom. The highest BCUT2D eigenvalue weighted by atomic mass is 32.2. The molecule has 1 fully saturated rings. The Morgan fingerprint density at radius 1 is 1.20 bits per heavy atom. The number of aromatic nitrogens is 2. The fourth-order valence-corrected chi connectivity index (χ4v) is 4.28. The van der Waals surface area contributed by atoms with Gasteiger partial charge in [-0.05, 0) is 31.5 Å². The van der Waals surface area contributed by atoms with Gasteiger partial charge in [0.15, 0.2) is 6.61 Å². The van der Waals surface area contributed by atoms with Crippen LogP contribution in [0, 0.1) is 11.6 Å². The van der Waals surface area contributed by atoms with Gasteiger partial charge in [0, 0.05) is 23.6 Å². The molecule has 0 aliphatic carbocycles. The largest absolute Gasteiger partial charge is 0.481 e. The Labute approximate surface area is 199 Å². The highest BCUT2D eigenvalue weighted by Crippen LogP contribution is 2.33. The molecule has 1 saturated heterocycles. The highest BCUT2D eigenvalue weighted by molar-refractivity contribution is 7.88. The van der Waals surface area contributed by atoms with Gasteiger partial charge in [0.25, 0.3) is 5.91 Å². The molecule has 0 spiro atoms. The minimum Gasteiger partial charge on any atom is -0.481 e. The lowest BCUT2D eigenvalue weighted by molar-refractivity contribution is -0.158. The second-order valence-corrected chi connectivity index (χ2v) is 9.67. The number of halogens is 5. The van der Waals surface area contributed by atoms with Crippen molar-refractivity contribution in [2.24, 2.45) is 4.36 Å². The van der Waals surface area contributed by atoms with E-state index in [4.69, 9.17) is 4.74 Å². The molecule has 2 N–H and O–H groups in total. The molecule has 7 nitrogen and oxygen atoms in total. The Bertz CT molecular complexity index is 1300. The molecule has 1 aromatic heterocycles. The predicted octanol–water partition coefficient (Wildman–Crippen LogP) is 4.93. The van der Waals surface area contributed by atoms with Gasteiger partial charge >= 0.3 is 6.18 Å². The number of amides is 1. The summed E-state index contributed by atoms with van der Waals surface area (Å²) in [4.78, 5) is 20.0. The van der Waals surface area contributed by atoms with E-state index < -0.39 is 36.4 Å². The molecule has 2 aromatic carbocycles. The van der Waals surface area contributed by atoms with E-state index in [9.17, 15) is 22.4 Å². The maximum absolute atomic E-state index is 15.0. The monoisotopic (exact) mass is 513 g/mol. The second kappa shape index (κ2) is 10.1. The van der Waals surface area contributed by atoms with Crippen LogP contribution in [0.4, 0.5) is 39.1 Å². The zero-order chi connectivity index (χ0) is 25.2. The lowest BCUT2D eigenvalue weighted by atomic mass is 10.2. The number of benzene rings is 2. The summed E-state index contributed by atoms with van der Waals surface area (Å²) in [5.74, 6) is -0.531. The summed E-state index contributed by atoms with van der Waals surface area (Å²) in [5.41, 5.74) is 0.898. The van der Waals surface area contributed by atoms with Crippen LogP contribution in [-0.2, 0) is 15.5 Å². The molecule has 0 saturated carbocycles. The molecule has 0 radical (unpaired) electrons. The summed E-state index contributed by atoms with van der Waals surface area (Å²) in [7, 11) is -0.104. The van der Waals surface area contributed by atoms with Gasteiger partial charge in [0.2, 0.25) is 0 Å². The minimum absolute atomic E-state index is 0.0525. The smallest absolute Gasteiger partial charge is 0.408 e. The zero-order valence-electron chi connectivity index (χ0n) is 18.3. The highest BCUT2D eigenvalue weighted by Gasteiger charge is 2.37. The van der Waals surface area contributed by atoms with E-state index in [1.54, 1.807) is 11.4 Å². The number of nitrogens with one attached hydrogen (secondary N) is 2. The van der Waals surface area contributed by atoms with Gasteiger partial charge in [0.05, 0.1) is 22.3 Å². The first kappa shape index (κ1) is 24.8. The minimum atomic E-state index is -4.62. The summed E-state index contributed by atoms with van der Waals surface area (Å²) >= 11 is 0. The first-order chi connectivity index (χ1) is 16.6. The van der Waals surface area contributed by atoms with Crippen molar-refractivity contribution in [3.05, 3.63) is 48.3 Å². The first-order valence-corrected chi connectivity index (χ1v) is 12.0. The van der Waals surface area contributed by atoms with Crippen molar-refractivity contribution in [3.8, 4) is 5.75 Å². The first-order valence-electron chi connectivity index (χ1n) is 10.5. The van der Waals surface area contributed by atoms with Crippen molar-refractivity contribution in [1.82, 2.24) is 15.3 Å². The second-order valence-electron chi connectivity index (χ2n) is 7.74. The van der Waals surface area contributed by atoms with E-state index >= 15 is 4.39 Å². The molecule has 1 aliphatic heterocycles. The molecule has 3 aromatic rings. The maximum atomic E-state index is 15.0. The molecule has 186 valence electrons. The van der Waals surface area contributed by atoms with E-state index in [-0.39, 0.29) is 33.3 Å². The number of carbonyl (C=O) groups excluding carboxylic acids is 1. The van der Waals surface area contributed by atoms with Gasteiger partial charge in [-0.25, -0.2) is 23.1 Å². The van der Waals surface area contributed by atoms with Gasteiger partial charge in [-0.15, -0.1) is 0 Å². The summed E-state index contributed by atoms with van der Waals surface area (Å²) in [6, 6.07) is 4.16. The van der Waals surface area contributed by atoms with E-state index in [1.807, 2.05) is 0 Å². The van der Waals surface area contributed by atoms with E-state index in [1.165, 1.54) is 18.5 Å². The van der Waals surface area contributed by atoms with Crippen molar-refractivity contribution in [1.29, 1.82) is 0 Å². The molecule has 13 heteroatoms. The SMILES string of the molecule is CC(NC(=O)COc1cc(F)ccc1Nc1ncnc2cc(N=S3CCC3)cc(F)c12)C(F)(F)F. The van der Waals surface area contributed by atoms with Crippen molar-refractivity contribution in [2.45, 2.75) is 25.6 Å². The summed E-state index contributed by atoms with van der Waals surface area (Å²) in [6.07, 6.45) is -2.30. The van der Waals surface area contributed by atoms with Crippen LogP contribution < -0.4 is 15.4 Å². The number of ether oxygens (including phenoxy) is 1. The van der Waals surface area contributed by atoms with Crippen LogP contribution in [0.3, 0.4) is 0 Å². The van der Waals surface area contributed by atoms with Crippen LogP contribution in [0.5, 0.6) is 5.75 Å². The normalized spacial score (nSPS) is 14.8. The number of hydrogen-bond acceptors (Lipinski definition) is 6. The van der Waals surface area contributed by atoms with Gasteiger partial charge in [-0.2, -0.15) is 13.2 Å². The fourth-order valence-electron chi connectivity index (χ4n) is 3.14. The summed E-state index contributed by atoms with van der Waals surface area (Å²) in [5, 5.41) is 4.65. The van der Waals surface area contributed by atoms with Crippen molar-refractivity contribution in [3.63, 3.8) is 0 Å². The van der Waals surface area contributed by atoms with Crippen LogP contribution in [-0.4, -0.2) is 46.2 Å². The standard InChI is InChI=1S/C22H20F5N5O2S/c1-12(22(25,26)27)30-19(33)10-34-18-7-13(23)3-4-16(18)31-21-20-15(24)8-14(32-35-5-2-6-35)9-17(20)28-11-29-21/h3-4,7-9,11-12H,2,5-6,10H2,1H3,(H,30,33)(H,28,29,31). The third-order valence-electron chi connectivity index (χ3n) is 5.09. The summed E-state index contributed by atoms with van der Waals surface area (Å²) in [6.45, 7) is -0.0164.